The first kappa shape index (κ1) is 16.1. The minimum atomic E-state index is 0.190. The fraction of sp³-hybridized carbons (Fsp3) is 0.526. The van der Waals surface area contributed by atoms with E-state index in [9.17, 15) is 4.79 Å². The first-order valence-corrected chi connectivity index (χ1v) is 8.78. The van der Waals surface area contributed by atoms with Gasteiger partial charge < -0.3 is 10.2 Å². The summed E-state index contributed by atoms with van der Waals surface area (Å²) in [5.74, 6) is 0.423. The van der Waals surface area contributed by atoms with Crippen LogP contribution in [0.2, 0.25) is 0 Å². The third-order valence-electron chi connectivity index (χ3n) is 4.86. The van der Waals surface area contributed by atoms with Crippen molar-refractivity contribution in [2.75, 3.05) is 44.2 Å². The van der Waals surface area contributed by atoms with Gasteiger partial charge in [0.05, 0.1) is 0 Å². The summed E-state index contributed by atoms with van der Waals surface area (Å²) < 4.78 is 0. The maximum atomic E-state index is 12.1. The number of benzene rings is 1. The second-order valence-corrected chi connectivity index (χ2v) is 6.44. The number of nitrogens with zero attached hydrogens (tertiary/aromatic N) is 2. The van der Waals surface area contributed by atoms with Crippen molar-refractivity contribution < 1.29 is 4.79 Å². The molecule has 0 radical (unpaired) electrons. The third kappa shape index (κ3) is 4.58. The Kier molecular flexibility index (Phi) is 5.70. The number of para-hydroxylation sites is 1. The number of carbonyl (C=O) groups excluding carboxylic acids is 1. The minimum Gasteiger partial charge on any atom is -0.369 e. The molecule has 1 aromatic rings. The number of nitrogens with one attached hydrogen (secondary N) is 1. The second-order valence-electron chi connectivity index (χ2n) is 6.44. The van der Waals surface area contributed by atoms with E-state index < -0.39 is 0 Å². The summed E-state index contributed by atoms with van der Waals surface area (Å²) in [5.41, 5.74) is 1.31. The third-order valence-corrected chi connectivity index (χ3v) is 4.86. The van der Waals surface area contributed by atoms with Gasteiger partial charge in [-0.3, -0.25) is 9.69 Å². The lowest BCUT2D eigenvalue weighted by atomic mass is 9.94. The Labute approximate surface area is 139 Å². The first-order chi connectivity index (χ1) is 11.3. The molecule has 2 aliphatic rings. The molecule has 1 N–H and O–H groups in total. The van der Waals surface area contributed by atoms with Crippen LogP contribution in [0, 0.1) is 5.92 Å². The maximum Gasteiger partial charge on any atom is 0.223 e. The van der Waals surface area contributed by atoms with Crippen LogP contribution in [-0.2, 0) is 4.79 Å². The molecule has 23 heavy (non-hydrogen) atoms. The number of piperazine rings is 1. The smallest absolute Gasteiger partial charge is 0.223 e. The number of amides is 1. The standard InChI is InChI=1S/C19H27N3O/c23-19(17-7-3-1-4-8-17)20-11-12-21-13-15-22(16-14-21)18-9-5-2-6-10-18/h1-3,5-6,9-10,17H,4,7-8,11-16H2,(H,20,23)/t17-/m0/s1. The average molecular weight is 313 g/mol. The number of hydrogen-bond donors (Lipinski definition) is 1. The van der Waals surface area contributed by atoms with Crippen molar-refractivity contribution in [1.82, 2.24) is 10.2 Å². The average Bonchev–Trinajstić information content (AvgIpc) is 2.64. The molecule has 1 saturated heterocycles. The molecule has 1 aliphatic heterocycles. The Morgan fingerprint density at radius 1 is 1.09 bits per heavy atom. The molecule has 1 atom stereocenters. The fourth-order valence-corrected chi connectivity index (χ4v) is 3.38. The van der Waals surface area contributed by atoms with Gasteiger partial charge in [-0.15, -0.1) is 0 Å². The van der Waals surface area contributed by atoms with Gasteiger partial charge in [-0.1, -0.05) is 30.4 Å². The number of hydrogen-bond acceptors (Lipinski definition) is 3. The molecular formula is C19H27N3O. The zero-order valence-electron chi connectivity index (χ0n) is 13.8. The largest absolute Gasteiger partial charge is 0.369 e. The van der Waals surface area contributed by atoms with Gasteiger partial charge in [0.1, 0.15) is 0 Å². The molecule has 0 saturated carbocycles. The van der Waals surface area contributed by atoms with Crippen LogP contribution in [0.5, 0.6) is 0 Å². The van der Waals surface area contributed by atoms with Gasteiger partial charge in [-0.25, -0.2) is 0 Å². The molecule has 3 rings (SSSR count). The molecule has 1 fully saturated rings. The second kappa shape index (κ2) is 8.16. The van der Waals surface area contributed by atoms with Gasteiger partial charge in [0, 0.05) is 50.9 Å². The van der Waals surface area contributed by atoms with E-state index in [1.165, 1.54) is 5.69 Å². The van der Waals surface area contributed by atoms with Crippen molar-refractivity contribution in [2.24, 2.45) is 5.92 Å². The monoisotopic (exact) mass is 313 g/mol. The summed E-state index contributed by atoms with van der Waals surface area (Å²) in [6.07, 6.45) is 7.26. The Balaban J connectivity index is 1.35. The maximum absolute atomic E-state index is 12.1. The van der Waals surface area contributed by atoms with Gasteiger partial charge in [-0.05, 0) is 31.4 Å². The SMILES string of the molecule is O=C(NCCN1CCN(c2ccccc2)CC1)[C@H]1CC=CCC1. The van der Waals surface area contributed by atoms with E-state index in [2.05, 4.69) is 57.6 Å². The fourth-order valence-electron chi connectivity index (χ4n) is 3.38. The highest BCUT2D eigenvalue weighted by Crippen LogP contribution is 2.18. The van der Waals surface area contributed by atoms with Crippen LogP contribution < -0.4 is 10.2 Å². The van der Waals surface area contributed by atoms with Crippen molar-refractivity contribution in [1.29, 1.82) is 0 Å². The van der Waals surface area contributed by atoms with E-state index in [4.69, 9.17) is 0 Å². The summed E-state index contributed by atoms with van der Waals surface area (Å²) in [5, 5.41) is 3.11. The summed E-state index contributed by atoms with van der Waals surface area (Å²) >= 11 is 0. The van der Waals surface area contributed by atoms with Crippen LogP contribution in [0.15, 0.2) is 42.5 Å². The van der Waals surface area contributed by atoms with Gasteiger partial charge in [0.25, 0.3) is 0 Å². The van der Waals surface area contributed by atoms with Crippen LogP contribution in [0.3, 0.4) is 0 Å². The summed E-state index contributed by atoms with van der Waals surface area (Å²) in [4.78, 5) is 17.0. The first-order valence-electron chi connectivity index (χ1n) is 8.78. The molecule has 0 unspecified atom stereocenters. The molecule has 4 nitrogen and oxygen atoms in total. The molecule has 1 amide bonds. The quantitative estimate of drug-likeness (QED) is 0.847. The van der Waals surface area contributed by atoms with Gasteiger partial charge in [0.2, 0.25) is 5.91 Å². The van der Waals surface area contributed by atoms with Crippen LogP contribution >= 0.6 is 0 Å². The van der Waals surface area contributed by atoms with E-state index >= 15 is 0 Å². The molecule has 0 spiro atoms. The van der Waals surface area contributed by atoms with Crippen molar-refractivity contribution in [3.05, 3.63) is 42.5 Å². The lowest BCUT2D eigenvalue weighted by Gasteiger charge is -2.36. The molecule has 1 aliphatic carbocycles. The summed E-state index contributed by atoms with van der Waals surface area (Å²) in [6, 6.07) is 10.6. The van der Waals surface area contributed by atoms with E-state index in [1.807, 2.05) is 0 Å². The normalized spacial score (nSPS) is 22.1. The van der Waals surface area contributed by atoms with Crippen LogP contribution in [0.1, 0.15) is 19.3 Å². The number of rotatable bonds is 5. The Morgan fingerprint density at radius 2 is 1.87 bits per heavy atom. The Hall–Kier alpha value is -1.81. The van der Waals surface area contributed by atoms with Crippen LogP contribution in [0.25, 0.3) is 0 Å². The van der Waals surface area contributed by atoms with Crippen molar-refractivity contribution in [3.8, 4) is 0 Å². The van der Waals surface area contributed by atoms with Crippen LogP contribution in [-0.4, -0.2) is 50.1 Å². The summed E-state index contributed by atoms with van der Waals surface area (Å²) in [6.45, 7) is 5.98. The lowest BCUT2D eigenvalue weighted by Crippen LogP contribution is -2.48. The molecular weight excluding hydrogens is 286 g/mol. The number of carbonyl (C=O) groups is 1. The predicted molar refractivity (Wildman–Crippen MR) is 94.6 cm³/mol. The molecule has 4 heteroatoms. The Morgan fingerprint density at radius 3 is 2.57 bits per heavy atom. The summed E-state index contributed by atoms with van der Waals surface area (Å²) in [7, 11) is 0. The van der Waals surface area contributed by atoms with E-state index in [0.717, 1.165) is 58.5 Å². The Bertz CT molecular complexity index is 521. The lowest BCUT2D eigenvalue weighted by molar-refractivity contribution is -0.125. The molecule has 0 aromatic heterocycles. The minimum absolute atomic E-state index is 0.190. The molecule has 124 valence electrons. The van der Waals surface area contributed by atoms with E-state index in [1.54, 1.807) is 0 Å². The predicted octanol–water partition coefficient (Wildman–Crippen LogP) is 2.28. The van der Waals surface area contributed by atoms with Crippen molar-refractivity contribution in [2.45, 2.75) is 19.3 Å². The van der Waals surface area contributed by atoms with Crippen LogP contribution in [0.4, 0.5) is 5.69 Å². The zero-order chi connectivity index (χ0) is 15.9. The van der Waals surface area contributed by atoms with Gasteiger partial charge in [0.15, 0.2) is 0 Å². The molecule has 1 aromatic carbocycles. The van der Waals surface area contributed by atoms with E-state index in [0.29, 0.717) is 0 Å². The number of allylic oxidation sites excluding steroid dienone is 2. The number of anilines is 1. The topological polar surface area (TPSA) is 35.6 Å². The highest BCUT2D eigenvalue weighted by atomic mass is 16.1. The van der Waals surface area contributed by atoms with Gasteiger partial charge >= 0.3 is 0 Å². The van der Waals surface area contributed by atoms with Crippen molar-refractivity contribution in [3.63, 3.8) is 0 Å². The highest BCUT2D eigenvalue weighted by Gasteiger charge is 2.19. The highest BCUT2D eigenvalue weighted by molar-refractivity contribution is 5.78. The molecule has 0 bridgehead atoms. The zero-order valence-corrected chi connectivity index (χ0v) is 13.8. The van der Waals surface area contributed by atoms with Gasteiger partial charge in [-0.2, -0.15) is 0 Å². The molecule has 1 heterocycles. The van der Waals surface area contributed by atoms with E-state index in [-0.39, 0.29) is 11.8 Å². The van der Waals surface area contributed by atoms with Crippen molar-refractivity contribution >= 4 is 11.6 Å².